The lowest BCUT2D eigenvalue weighted by atomic mass is 10.2. The van der Waals surface area contributed by atoms with Crippen molar-refractivity contribution in [3.8, 4) is 5.75 Å². The Morgan fingerprint density at radius 2 is 2.12 bits per heavy atom. The number of nitrogens with one attached hydrogen (secondary N) is 1. The Morgan fingerprint density at radius 3 is 2.75 bits per heavy atom. The normalized spacial score (nSPS) is 15.6. The van der Waals surface area contributed by atoms with E-state index >= 15 is 0 Å². The van der Waals surface area contributed by atoms with Gasteiger partial charge in [-0.2, -0.15) is 0 Å². The van der Waals surface area contributed by atoms with Crippen LogP contribution in [-0.4, -0.2) is 13.2 Å². The van der Waals surface area contributed by atoms with E-state index in [-0.39, 0.29) is 0 Å². The molecule has 1 aromatic carbocycles. The number of methoxy groups -OCH3 is 1. The molecule has 0 heterocycles. The van der Waals surface area contributed by atoms with Crippen LogP contribution in [0.1, 0.15) is 18.4 Å². The standard InChI is InChI=1S/C13H16BrNO/c1-16-13-7-6-10(8-12(13)14)9-15-11-4-2-3-5-11/h2-3,6-8,11,15H,4-5,9H2,1H3. The van der Waals surface area contributed by atoms with Crippen LogP contribution in [0, 0.1) is 0 Å². The molecule has 86 valence electrons. The quantitative estimate of drug-likeness (QED) is 0.856. The second-order valence-electron chi connectivity index (χ2n) is 3.99. The largest absolute Gasteiger partial charge is 0.496 e. The van der Waals surface area contributed by atoms with E-state index in [0.29, 0.717) is 6.04 Å². The minimum Gasteiger partial charge on any atom is -0.496 e. The van der Waals surface area contributed by atoms with E-state index in [0.717, 1.165) is 29.6 Å². The van der Waals surface area contributed by atoms with Crippen LogP contribution in [-0.2, 0) is 6.54 Å². The average molecular weight is 282 g/mol. The maximum absolute atomic E-state index is 5.20. The van der Waals surface area contributed by atoms with Gasteiger partial charge in [0.1, 0.15) is 5.75 Å². The lowest BCUT2D eigenvalue weighted by molar-refractivity contribution is 0.412. The third-order valence-corrected chi connectivity index (χ3v) is 3.44. The Morgan fingerprint density at radius 1 is 1.38 bits per heavy atom. The van der Waals surface area contributed by atoms with Crippen LogP contribution >= 0.6 is 15.9 Å². The molecule has 1 aliphatic rings. The van der Waals surface area contributed by atoms with Crippen molar-refractivity contribution in [3.05, 3.63) is 40.4 Å². The van der Waals surface area contributed by atoms with Gasteiger partial charge in [-0.1, -0.05) is 18.2 Å². The summed E-state index contributed by atoms with van der Waals surface area (Å²) in [5, 5.41) is 3.54. The van der Waals surface area contributed by atoms with Crippen molar-refractivity contribution in [2.75, 3.05) is 7.11 Å². The van der Waals surface area contributed by atoms with Gasteiger partial charge in [-0.05, 0) is 46.5 Å². The van der Waals surface area contributed by atoms with Crippen molar-refractivity contribution in [2.45, 2.75) is 25.4 Å². The Bertz CT molecular complexity index is 382. The molecule has 3 heteroatoms. The number of rotatable bonds is 4. The topological polar surface area (TPSA) is 21.3 Å². The molecule has 0 bridgehead atoms. The fraction of sp³-hybridized carbons (Fsp3) is 0.385. The third-order valence-electron chi connectivity index (χ3n) is 2.82. The second-order valence-corrected chi connectivity index (χ2v) is 4.84. The Labute approximate surface area is 105 Å². The van der Waals surface area contributed by atoms with E-state index in [1.807, 2.05) is 6.07 Å². The summed E-state index contributed by atoms with van der Waals surface area (Å²) in [5.41, 5.74) is 1.28. The lowest BCUT2D eigenvalue weighted by Gasteiger charge is -2.12. The molecular formula is C13H16BrNO. The molecule has 0 saturated heterocycles. The van der Waals surface area contributed by atoms with E-state index in [1.165, 1.54) is 5.56 Å². The number of hydrogen-bond donors (Lipinski definition) is 1. The van der Waals surface area contributed by atoms with Crippen LogP contribution in [0.2, 0.25) is 0 Å². The Hall–Kier alpha value is -0.800. The molecule has 1 aliphatic carbocycles. The molecule has 2 rings (SSSR count). The smallest absolute Gasteiger partial charge is 0.133 e. The van der Waals surface area contributed by atoms with Crippen molar-refractivity contribution in [2.24, 2.45) is 0 Å². The Kier molecular flexibility index (Phi) is 4.02. The SMILES string of the molecule is COc1ccc(CNC2CC=CC2)cc1Br. The van der Waals surface area contributed by atoms with Gasteiger partial charge in [0, 0.05) is 12.6 Å². The van der Waals surface area contributed by atoms with Gasteiger partial charge in [0.2, 0.25) is 0 Å². The lowest BCUT2D eigenvalue weighted by Crippen LogP contribution is -2.25. The first-order valence-corrected chi connectivity index (χ1v) is 6.29. The molecule has 0 amide bonds. The van der Waals surface area contributed by atoms with Crippen LogP contribution in [0.15, 0.2) is 34.8 Å². The summed E-state index contributed by atoms with van der Waals surface area (Å²) in [6.45, 7) is 0.912. The summed E-state index contributed by atoms with van der Waals surface area (Å²) in [6, 6.07) is 6.81. The van der Waals surface area contributed by atoms with Crippen molar-refractivity contribution >= 4 is 15.9 Å². The first-order chi connectivity index (χ1) is 7.79. The van der Waals surface area contributed by atoms with Crippen LogP contribution in [0.5, 0.6) is 5.75 Å². The number of ether oxygens (including phenoxy) is 1. The highest BCUT2D eigenvalue weighted by Gasteiger charge is 2.09. The third kappa shape index (κ3) is 2.86. The molecule has 0 atom stereocenters. The zero-order chi connectivity index (χ0) is 11.4. The summed E-state index contributed by atoms with van der Waals surface area (Å²) in [7, 11) is 1.68. The molecule has 0 saturated carbocycles. The fourth-order valence-electron chi connectivity index (χ4n) is 1.87. The molecule has 1 N–H and O–H groups in total. The minimum atomic E-state index is 0.612. The maximum atomic E-state index is 5.20. The van der Waals surface area contributed by atoms with Crippen LogP contribution in [0.4, 0.5) is 0 Å². The van der Waals surface area contributed by atoms with Crippen LogP contribution < -0.4 is 10.1 Å². The van der Waals surface area contributed by atoms with Gasteiger partial charge in [-0.15, -0.1) is 0 Å². The van der Waals surface area contributed by atoms with Crippen molar-refractivity contribution in [1.82, 2.24) is 5.32 Å². The predicted molar refractivity (Wildman–Crippen MR) is 69.7 cm³/mol. The van der Waals surface area contributed by atoms with Crippen molar-refractivity contribution in [1.29, 1.82) is 0 Å². The van der Waals surface area contributed by atoms with Gasteiger partial charge in [0.15, 0.2) is 0 Å². The summed E-state index contributed by atoms with van der Waals surface area (Å²) in [5.74, 6) is 0.881. The number of benzene rings is 1. The first kappa shape index (κ1) is 11.7. The zero-order valence-corrected chi connectivity index (χ0v) is 11.0. The Balaban J connectivity index is 1.91. The monoisotopic (exact) mass is 281 g/mol. The van der Waals surface area contributed by atoms with Gasteiger partial charge >= 0.3 is 0 Å². The number of hydrogen-bond acceptors (Lipinski definition) is 2. The highest BCUT2D eigenvalue weighted by Crippen LogP contribution is 2.25. The summed E-state index contributed by atoms with van der Waals surface area (Å²) < 4.78 is 6.21. The molecule has 16 heavy (non-hydrogen) atoms. The van der Waals surface area contributed by atoms with Gasteiger partial charge in [0.05, 0.1) is 11.6 Å². The van der Waals surface area contributed by atoms with Crippen molar-refractivity contribution in [3.63, 3.8) is 0 Å². The van der Waals surface area contributed by atoms with Gasteiger partial charge in [-0.25, -0.2) is 0 Å². The van der Waals surface area contributed by atoms with E-state index in [4.69, 9.17) is 4.74 Å². The highest BCUT2D eigenvalue weighted by atomic mass is 79.9. The molecule has 0 aliphatic heterocycles. The molecule has 0 aromatic heterocycles. The summed E-state index contributed by atoms with van der Waals surface area (Å²) in [4.78, 5) is 0. The average Bonchev–Trinajstić information content (AvgIpc) is 2.79. The van der Waals surface area contributed by atoms with Crippen LogP contribution in [0.3, 0.4) is 0 Å². The summed E-state index contributed by atoms with van der Waals surface area (Å²) >= 11 is 3.50. The van der Waals surface area contributed by atoms with Crippen LogP contribution in [0.25, 0.3) is 0 Å². The van der Waals surface area contributed by atoms with E-state index in [1.54, 1.807) is 7.11 Å². The minimum absolute atomic E-state index is 0.612. The molecule has 0 fully saturated rings. The molecular weight excluding hydrogens is 266 g/mol. The van der Waals surface area contributed by atoms with E-state index < -0.39 is 0 Å². The molecule has 0 radical (unpaired) electrons. The van der Waals surface area contributed by atoms with Crippen molar-refractivity contribution < 1.29 is 4.74 Å². The molecule has 0 spiro atoms. The molecule has 2 nitrogen and oxygen atoms in total. The predicted octanol–water partition coefficient (Wildman–Crippen LogP) is 3.27. The van der Waals surface area contributed by atoms with Gasteiger partial charge in [0.25, 0.3) is 0 Å². The second kappa shape index (κ2) is 5.51. The van der Waals surface area contributed by atoms with Gasteiger partial charge in [-0.3, -0.25) is 0 Å². The van der Waals surface area contributed by atoms with Gasteiger partial charge < -0.3 is 10.1 Å². The summed E-state index contributed by atoms with van der Waals surface area (Å²) in [6.07, 6.45) is 6.78. The number of halogens is 1. The zero-order valence-electron chi connectivity index (χ0n) is 9.37. The van der Waals surface area contributed by atoms with E-state index in [2.05, 4.69) is 45.5 Å². The van der Waals surface area contributed by atoms with E-state index in [9.17, 15) is 0 Å². The highest BCUT2D eigenvalue weighted by molar-refractivity contribution is 9.10. The fourth-order valence-corrected chi connectivity index (χ4v) is 2.45. The maximum Gasteiger partial charge on any atom is 0.133 e. The first-order valence-electron chi connectivity index (χ1n) is 5.50. The molecule has 0 unspecified atom stereocenters. The molecule has 1 aromatic rings.